The molecule has 22 heavy (non-hydrogen) atoms. The van der Waals surface area contributed by atoms with Crippen LogP contribution in [0.3, 0.4) is 0 Å². The van der Waals surface area contributed by atoms with Gasteiger partial charge < -0.3 is 9.09 Å². The highest BCUT2D eigenvalue weighted by molar-refractivity contribution is 7.99. The highest BCUT2D eigenvalue weighted by Gasteiger charge is 2.30. The fourth-order valence-corrected chi connectivity index (χ4v) is 2.83. The third-order valence-electron chi connectivity index (χ3n) is 3.22. The topological polar surface area (TPSA) is 85.8 Å². The van der Waals surface area contributed by atoms with E-state index < -0.39 is 0 Å². The number of aromatic nitrogens is 4. The average Bonchev–Trinajstić information content (AvgIpc) is 3.14. The molecule has 0 bridgehead atoms. The number of carbonyl (C=O) groups excluding carboxylic acids is 1. The summed E-state index contributed by atoms with van der Waals surface area (Å²) in [6.07, 6.45) is 4.13. The van der Waals surface area contributed by atoms with Gasteiger partial charge in [0, 0.05) is 18.5 Å². The number of rotatable bonds is 7. The van der Waals surface area contributed by atoms with E-state index in [1.165, 1.54) is 11.8 Å². The predicted molar refractivity (Wildman–Crippen MR) is 82.8 cm³/mol. The molecular weight excluding hydrogens is 302 g/mol. The van der Waals surface area contributed by atoms with Gasteiger partial charge in [-0.15, -0.1) is 16.8 Å². The number of nitrogens with zero attached hydrogens (tertiary/aromatic N) is 4. The molecule has 7 nitrogen and oxygen atoms in total. The van der Waals surface area contributed by atoms with E-state index >= 15 is 0 Å². The summed E-state index contributed by atoms with van der Waals surface area (Å²) in [4.78, 5) is 11.9. The largest absolute Gasteiger partial charge is 0.338 e. The normalized spacial score (nSPS) is 14.0. The molecule has 0 aromatic carbocycles. The zero-order valence-corrected chi connectivity index (χ0v) is 13.1. The van der Waals surface area contributed by atoms with Gasteiger partial charge in [0.05, 0.1) is 11.4 Å². The number of allylic oxidation sites excluding steroid dienone is 1. The molecule has 0 saturated heterocycles. The Morgan fingerprint density at radius 1 is 1.59 bits per heavy atom. The first kappa shape index (κ1) is 14.8. The molecule has 0 atom stereocenters. The Labute approximate surface area is 132 Å². The van der Waals surface area contributed by atoms with Crippen molar-refractivity contribution in [1.82, 2.24) is 19.9 Å². The van der Waals surface area contributed by atoms with E-state index in [1.807, 2.05) is 10.6 Å². The molecule has 1 N–H and O–H groups in total. The second-order valence-electron chi connectivity index (χ2n) is 5.18. The molecule has 0 spiro atoms. The summed E-state index contributed by atoms with van der Waals surface area (Å²) < 4.78 is 6.98. The molecule has 0 radical (unpaired) electrons. The van der Waals surface area contributed by atoms with Crippen LogP contribution in [-0.2, 0) is 11.3 Å². The number of hydrogen-bond acceptors (Lipinski definition) is 6. The van der Waals surface area contributed by atoms with Gasteiger partial charge in [-0.05, 0) is 19.8 Å². The minimum atomic E-state index is -0.165. The Balaban J connectivity index is 1.60. The van der Waals surface area contributed by atoms with Crippen LogP contribution in [0.1, 0.15) is 30.3 Å². The van der Waals surface area contributed by atoms with Crippen LogP contribution in [0.4, 0.5) is 5.88 Å². The van der Waals surface area contributed by atoms with Crippen molar-refractivity contribution in [3.8, 4) is 0 Å². The fourth-order valence-electron chi connectivity index (χ4n) is 2.08. The van der Waals surface area contributed by atoms with E-state index in [0.717, 1.165) is 29.5 Å². The minimum Gasteiger partial charge on any atom is -0.338 e. The average molecular weight is 319 g/mol. The van der Waals surface area contributed by atoms with Crippen molar-refractivity contribution >= 4 is 23.6 Å². The maximum absolute atomic E-state index is 11.9. The van der Waals surface area contributed by atoms with Crippen LogP contribution in [0.25, 0.3) is 0 Å². The Hall–Kier alpha value is -2.09. The van der Waals surface area contributed by atoms with Gasteiger partial charge in [-0.2, -0.15) is 0 Å². The lowest BCUT2D eigenvalue weighted by atomic mass is 10.4. The van der Waals surface area contributed by atoms with Gasteiger partial charge in [0.25, 0.3) is 0 Å². The first-order chi connectivity index (χ1) is 10.7. The van der Waals surface area contributed by atoms with Gasteiger partial charge in [0.1, 0.15) is 5.82 Å². The van der Waals surface area contributed by atoms with E-state index in [4.69, 9.17) is 4.52 Å². The van der Waals surface area contributed by atoms with Crippen LogP contribution >= 0.6 is 11.8 Å². The van der Waals surface area contributed by atoms with Gasteiger partial charge in [-0.3, -0.25) is 10.1 Å². The summed E-state index contributed by atoms with van der Waals surface area (Å²) in [6, 6.07) is 1.67. The van der Waals surface area contributed by atoms with Gasteiger partial charge in [0.15, 0.2) is 5.16 Å². The van der Waals surface area contributed by atoms with Crippen LogP contribution in [0.5, 0.6) is 0 Å². The third kappa shape index (κ3) is 3.38. The number of hydrogen-bond donors (Lipinski definition) is 1. The van der Waals surface area contributed by atoms with Crippen molar-refractivity contribution in [3.63, 3.8) is 0 Å². The second kappa shape index (κ2) is 6.35. The summed E-state index contributed by atoms with van der Waals surface area (Å²) in [5.74, 6) is 1.93. The summed E-state index contributed by atoms with van der Waals surface area (Å²) in [6.45, 7) is 6.22. The maximum atomic E-state index is 11.9. The van der Waals surface area contributed by atoms with E-state index in [2.05, 4.69) is 27.2 Å². The quantitative estimate of drug-likeness (QED) is 0.623. The lowest BCUT2D eigenvalue weighted by Crippen LogP contribution is -2.14. The number of carbonyl (C=O) groups is 1. The summed E-state index contributed by atoms with van der Waals surface area (Å²) in [5.41, 5.74) is 0.725. The van der Waals surface area contributed by atoms with Crippen molar-refractivity contribution in [1.29, 1.82) is 0 Å². The van der Waals surface area contributed by atoms with Crippen LogP contribution in [0, 0.1) is 6.92 Å². The fraction of sp³-hybridized carbons (Fsp3) is 0.429. The van der Waals surface area contributed by atoms with Crippen molar-refractivity contribution in [2.24, 2.45) is 0 Å². The molecule has 116 valence electrons. The molecule has 2 aromatic heterocycles. The van der Waals surface area contributed by atoms with Gasteiger partial charge in [-0.1, -0.05) is 23.0 Å². The summed E-state index contributed by atoms with van der Waals surface area (Å²) in [7, 11) is 0. The van der Waals surface area contributed by atoms with E-state index in [-0.39, 0.29) is 11.7 Å². The van der Waals surface area contributed by atoms with Gasteiger partial charge in [0.2, 0.25) is 11.8 Å². The smallest absolute Gasteiger partial charge is 0.237 e. The summed E-state index contributed by atoms with van der Waals surface area (Å²) in [5, 5.41) is 15.6. The van der Waals surface area contributed by atoms with Gasteiger partial charge >= 0.3 is 0 Å². The van der Waals surface area contributed by atoms with Crippen LogP contribution in [0.2, 0.25) is 0 Å². The number of amides is 1. The molecule has 1 saturated carbocycles. The van der Waals surface area contributed by atoms with Crippen LogP contribution < -0.4 is 5.32 Å². The third-order valence-corrected chi connectivity index (χ3v) is 4.19. The zero-order valence-electron chi connectivity index (χ0n) is 12.3. The Morgan fingerprint density at radius 3 is 3.05 bits per heavy atom. The Bertz CT molecular complexity index is 689. The monoisotopic (exact) mass is 319 g/mol. The van der Waals surface area contributed by atoms with E-state index in [0.29, 0.717) is 18.3 Å². The molecule has 8 heteroatoms. The molecule has 1 amide bonds. The van der Waals surface area contributed by atoms with E-state index in [9.17, 15) is 4.79 Å². The van der Waals surface area contributed by atoms with Crippen molar-refractivity contribution in [2.45, 2.75) is 37.4 Å². The summed E-state index contributed by atoms with van der Waals surface area (Å²) >= 11 is 1.35. The number of nitrogens with one attached hydrogen (secondary N) is 1. The molecule has 1 aliphatic carbocycles. The van der Waals surface area contributed by atoms with Gasteiger partial charge in [-0.25, -0.2) is 0 Å². The number of thioether (sulfide) groups is 1. The maximum Gasteiger partial charge on any atom is 0.237 e. The van der Waals surface area contributed by atoms with Crippen molar-refractivity contribution < 1.29 is 9.32 Å². The van der Waals surface area contributed by atoms with Crippen LogP contribution in [-0.4, -0.2) is 31.6 Å². The lowest BCUT2D eigenvalue weighted by Gasteiger charge is -2.06. The standard InChI is InChI=1S/C14H17N5O2S/c1-3-6-19-13(10-4-5-10)16-17-14(19)22-8-11(20)15-12-7-9(2)18-21-12/h3,7,10H,1,4-6,8H2,2H3,(H,15,20). The number of aryl methyl sites for hydroxylation is 1. The Morgan fingerprint density at radius 2 is 2.41 bits per heavy atom. The second-order valence-corrected chi connectivity index (χ2v) is 6.13. The molecule has 2 aromatic rings. The van der Waals surface area contributed by atoms with Crippen LogP contribution in [0.15, 0.2) is 28.4 Å². The minimum absolute atomic E-state index is 0.165. The lowest BCUT2D eigenvalue weighted by molar-refractivity contribution is -0.113. The zero-order chi connectivity index (χ0) is 15.5. The highest BCUT2D eigenvalue weighted by atomic mass is 32.2. The first-order valence-electron chi connectivity index (χ1n) is 7.07. The molecular formula is C14H17N5O2S. The SMILES string of the molecule is C=CCn1c(SCC(=O)Nc2cc(C)no2)nnc1C1CC1. The van der Waals surface area contributed by atoms with Crippen molar-refractivity contribution in [3.05, 3.63) is 30.2 Å². The molecule has 3 rings (SSSR count). The molecule has 1 fully saturated rings. The molecule has 0 unspecified atom stereocenters. The number of anilines is 1. The molecule has 2 heterocycles. The highest BCUT2D eigenvalue weighted by Crippen LogP contribution is 2.40. The van der Waals surface area contributed by atoms with Crippen molar-refractivity contribution in [2.75, 3.05) is 11.1 Å². The molecule has 1 aliphatic rings. The first-order valence-corrected chi connectivity index (χ1v) is 8.06. The Kier molecular flexibility index (Phi) is 4.28. The predicted octanol–water partition coefficient (Wildman–Crippen LogP) is 2.37. The van der Waals surface area contributed by atoms with E-state index in [1.54, 1.807) is 13.0 Å². The molecule has 0 aliphatic heterocycles.